The number of nitrogens with one attached hydrogen (secondary N) is 1. The average molecular weight is 363 g/mol. The Morgan fingerprint density at radius 1 is 1.42 bits per heavy atom. The van der Waals surface area contributed by atoms with Gasteiger partial charge < -0.3 is 20.1 Å². The van der Waals surface area contributed by atoms with E-state index in [-0.39, 0.29) is 24.5 Å². The van der Waals surface area contributed by atoms with E-state index in [0.717, 1.165) is 12.1 Å². The Kier molecular flexibility index (Phi) is 6.97. The maximum absolute atomic E-state index is 12.6. The van der Waals surface area contributed by atoms with Gasteiger partial charge in [-0.2, -0.15) is 0 Å². The molecule has 1 aromatic heterocycles. The van der Waals surface area contributed by atoms with Gasteiger partial charge in [0.15, 0.2) is 0 Å². The number of aliphatic hydroxyl groups is 1. The zero-order valence-corrected chi connectivity index (χ0v) is 15.8. The molecule has 1 aliphatic rings. The molecule has 2 amide bonds. The smallest absolute Gasteiger partial charge is 0.410 e. The molecule has 1 aromatic rings. The second-order valence-electron chi connectivity index (χ2n) is 7.68. The first-order valence-electron chi connectivity index (χ1n) is 9.07. The number of hydrogen-bond donors (Lipinski definition) is 2. The Morgan fingerprint density at radius 3 is 2.81 bits per heavy atom. The SMILES string of the molecule is CC(C)(C)OC(=O)N1CCC[C@@H](C(=O)N[C@H](CO)Cc2ccccn2)C1. The number of aliphatic hydroxyl groups excluding tert-OH is 1. The van der Waals surface area contributed by atoms with Crippen LogP contribution >= 0.6 is 0 Å². The number of carbonyl (C=O) groups is 2. The summed E-state index contributed by atoms with van der Waals surface area (Å²) in [7, 11) is 0. The van der Waals surface area contributed by atoms with Crippen LogP contribution in [-0.4, -0.2) is 58.3 Å². The summed E-state index contributed by atoms with van der Waals surface area (Å²) >= 11 is 0. The van der Waals surface area contributed by atoms with Gasteiger partial charge in [-0.1, -0.05) is 6.07 Å². The van der Waals surface area contributed by atoms with Crippen LogP contribution in [0.3, 0.4) is 0 Å². The predicted molar refractivity (Wildman–Crippen MR) is 97.5 cm³/mol. The lowest BCUT2D eigenvalue weighted by molar-refractivity contribution is -0.127. The van der Waals surface area contributed by atoms with Crippen molar-refractivity contribution < 1.29 is 19.4 Å². The van der Waals surface area contributed by atoms with Crippen molar-refractivity contribution in [3.63, 3.8) is 0 Å². The van der Waals surface area contributed by atoms with Crippen LogP contribution in [0.4, 0.5) is 4.79 Å². The summed E-state index contributed by atoms with van der Waals surface area (Å²) in [6.07, 6.45) is 3.23. The third-order valence-electron chi connectivity index (χ3n) is 4.19. The fraction of sp³-hybridized carbons (Fsp3) is 0.632. The second kappa shape index (κ2) is 8.98. The van der Waals surface area contributed by atoms with Gasteiger partial charge >= 0.3 is 6.09 Å². The van der Waals surface area contributed by atoms with Crippen LogP contribution in [0.25, 0.3) is 0 Å². The minimum absolute atomic E-state index is 0.145. The molecule has 2 atom stereocenters. The quantitative estimate of drug-likeness (QED) is 0.831. The van der Waals surface area contributed by atoms with Gasteiger partial charge in [0, 0.05) is 31.4 Å². The summed E-state index contributed by atoms with van der Waals surface area (Å²) < 4.78 is 5.39. The van der Waals surface area contributed by atoms with Crippen molar-refractivity contribution in [3.05, 3.63) is 30.1 Å². The summed E-state index contributed by atoms with van der Waals surface area (Å²) in [4.78, 5) is 30.6. The van der Waals surface area contributed by atoms with Crippen LogP contribution < -0.4 is 5.32 Å². The Bertz CT molecular complexity index is 601. The molecule has 0 bridgehead atoms. The minimum Gasteiger partial charge on any atom is -0.444 e. The highest BCUT2D eigenvalue weighted by Crippen LogP contribution is 2.20. The number of ether oxygens (including phenoxy) is 1. The zero-order chi connectivity index (χ0) is 19.2. The summed E-state index contributed by atoms with van der Waals surface area (Å²) in [6, 6.07) is 5.16. The second-order valence-corrected chi connectivity index (χ2v) is 7.68. The molecule has 1 aliphatic heterocycles. The highest BCUT2D eigenvalue weighted by molar-refractivity contribution is 5.80. The Balaban J connectivity index is 1.90. The van der Waals surface area contributed by atoms with Crippen LogP contribution in [0.5, 0.6) is 0 Å². The third-order valence-corrected chi connectivity index (χ3v) is 4.19. The average Bonchev–Trinajstić information content (AvgIpc) is 2.60. The van der Waals surface area contributed by atoms with Crippen LogP contribution in [-0.2, 0) is 16.0 Å². The van der Waals surface area contributed by atoms with Crippen molar-refractivity contribution in [1.82, 2.24) is 15.2 Å². The number of aromatic nitrogens is 1. The molecule has 0 unspecified atom stereocenters. The maximum Gasteiger partial charge on any atom is 0.410 e. The van der Waals surface area contributed by atoms with Gasteiger partial charge in [-0.25, -0.2) is 4.79 Å². The molecule has 26 heavy (non-hydrogen) atoms. The molecule has 0 spiro atoms. The standard InChI is InChI=1S/C19H29N3O4/c1-19(2,3)26-18(25)22-10-6-7-14(12-22)17(24)21-16(13-23)11-15-8-4-5-9-20-15/h4-5,8-9,14,16,23H,6-7,10-13H2,1-3H3,(H,21,24)/t14-,16+/m1/s1. The van der Waals surface area contributed by atoms with Crippen molar-refractivity contribution in [2.45, 2.75) is 51.7 Å². The molecule has 2 N–H and O–H groups in total. The van der Waals surface area contributed by atoms with Gasteiger partial charge in [0.25, 0.3) is 0 Å². The fourth-order valence-electron chi connectivity index (χ4n) is 2.94. The number of pyridine rings is 1. The van der Waals surface area contributed by atoms with Crippen molar-refractivity contribution in [1.29, 1.82) is 0 Å². The van der Waals surface area contributed by atoms with Crippen LogP contribution in [0.15, 0.2) is 24.4 Å². The van der Waals surface area contributed by atoms with Gasteiger partial charge in [-0.15, -0.1) is 0 Å². The van der Waals surface area contributed by atoms with E-state index in [0.29, 0.717) is 25.9 Å². The van der Waals surface area contributed by atoms with E-state index in [1.54, 1.807) is 11.1 Å². The van der Waals surface area contributed by atoms with Crippen molar-refractivity contribution in [3.8, 4) is 0 Å². The minimum atomic E-state index is -0.559. The number of hydrogen-bond acceptors (Lipinski definition) is 5. The molecule has 0 radical (unpaired) electrons. The van der Waals surface area contributed by atoms with Crippen LogP contribution in [0.1, 0.15) is 39.3 Å². The van der Waals surface area contributed by atoms with E-state index in [1.165, 1.54) is 0 Å². The first kappa shape index (κ1) is 20.2. The molecule has 7 nitrogen and oxygen atoms in total. The lowest BCUT2D eigenvalue weighted by atomic mass is 9.96. The lowest BCUT2D eigenvalue weighted by Gasteiger charge is -2.34. The summed E-state index contributed by atoms with van der Waals surface area (Å²) in [6.45, 7) is 6.23. The van der Waals surface area contributed by atoms with E-state index >= 15 is 0 Å². The molecule has 144 valence electrons. The molecule has 7 heteroatoms. The molecule has 0 saturated carbocycles. The van der Waals surface area contributed by atoms with E-state index in [9.17, 15) is 14.7 Å². The number of nitrogens with zero attached hydrogens (tertiary/aromatic N) is 2. The zero-order valence-electron chi connectivity index (χ0n) is 15.8. The number of rotatable bonds is 5. The third kappa shape index (κ3) is 6.29. The lowest BCUT2D eigenvalue weighted by Crippen LogP contribution is -2.49. The van der Waals surface area contributed by atoms with Gasteiger partial charge in [-0.3, -0.25) is 9.78 Å². The molecule has 1 fully saturated rings. The summed E-state index contributed by atoms with van der Waals surface area (Å²) in [5.41, 5.74) is 0.252. The molecular weight excluding hydrogens is 334 g/mol. The predicted octanol–water partition coefficient (Wildman–Crippen LogP) is 1.75. The molecule has 1 saturated heterocycles. The van der Waals surface area contributed by atoms with E-state index in [2.05, 4.69) is 10.3 Å². The molecular formula is C19H29N3O4. The van der Waals surface area contributed by atoms with Gasteiger partial charge in [0.1, 0.15) is 5.60 Å². The van der Waals surface area contributed by atoms with Gasteiger partial charge in [-0.05, 0) is 45.7 Å². The van der Waals surface area contributed by atoms with Crippen LogP contribution in [0.2, 0.25) is 0 Å². The molecule has 2 rings (SSSR count). The Labute approximate surface area is 154 Å². The summed E-state index contributed by atoms with van der Waals surface area (Å²) in [5, 5.41) is 12.5. The maximum atomic E-state index is 12.6. The number of amides is 2. The number of likely N-dealkylation sites (tertiary alicyclic amines) is 1. The van der Waals surface area contributed by atoms with E-state index in [1.807, 2.05) is 39.0 Å². The molecule has 2 heterocycles. The highest BCUT2D eigenvalue weighted by Gasteiger charge is 2.31. The monoisotopic (exact) mass is 363 g/mol. The van der Waals surface area contributed by atoms with Gasteiger partial charge in [0.05, 0.1) is 18.6 Å². The Hall–Kier alpha value is -2.15. The van der Waals surface area contributed by atoms with E-state index in [4.69, 9.17) is 4.74 Å². The van der Waals surface area contributed by atoms with Crippen LogP contribution in [0, 0.1) is 5.92 Å². The topological polar surface area (TPSA) is 91.8 Å². The van der Waals surface area contributed by atoms with Crippen molar-refractivity contribution >= 4 is 12.0 Å². The molecule has 0 aliphatic carbocycles. The Morgan fingerprint density at radius 2 is 2.19 bits per heavy atom. The number of piperidine rings is 1. The first-order valence-corrected chi connectivity index (χ1v) is 9.07. The summed E-state index contributed by atoms with van der Waals surface area (Å²) in [5.74, 6) is -0.442. The normalized spacial score (nSPS) is 18.9. The van der Waals surface area contributed by atoms with Crippen molar-refractivity contribution in [2.24, 2.45) is 5.92 Å². The first-order chi connectivity index (χ1) is 12.3. The largest absolute Gasteiger partial charge is 0.444 e. The van der Waals surface area contributed by atoms with Gasteiger partial charge in [0.2, 0.25) is 5.91 Å². The highest BCUT2D eigenvalue weighted by atomic mass is 16.6. The fourth-order valence-corrected chi connectivity index (χ4v) is 2.94. The van der Waals surface area contributed by atoms with E-state index < -0.39 is 11.6 Å². The van der Waals surface area contributed by atoms with Crippen molar-refractivity contribution in [2.75, 3.05) is 19.7 Å². The molecule has 0 aromatic carbocycles. The number of carbonyl (C=O) groups excluding carboxylic acids is 2.